The average molecular weight is 375 g/mol. The lowest BCUT2D eigenvalue weighted by Gasteiger charge is -2.13. The number of aromatic amines is 1. The highest BCUT2D eigenvalue weighted by atomic mass is 19.4. The molecule has 10 heteroatoms. The molecule has 0 aliphatic rings. The van der Waals surface area contributed by atoms with Crippen molar-refractivity contribution in [1.82, 2.24) is 4.98 Å². The summed E-state index contributed by atoms with van der Waals surface area (Å²) < 4.78 is 92.0. The van der Waals surface area contributed by atoms with Crippen molar-refractivity contribution in [3.05, 3.63) is 64.9 Å². The molecule has 136 valence electrons. The van der Waals surface area contributed by atoms with E-state index in [1.807, 2.05) is 0 Å². The number of benzene rings is 2. The van der Waals surface area contributed by atoms with Crippen molar-refractivity contribution in [1.29, 1.82) is 0 Å². The molecule has 0 atom stereocenters. The lowest BCUT2D eigenvalue weighted by Crippen LogP contribution is -2.16. The predicted molar refractivity (Wildman–Crippen MR) is 80.8 cm³/mol. The van der Waals surface area contributed by atoms with E-state index >= 15 is 0 Å². The zero-order valence-corrected chi connectivity index (χ0v) is 12.6. The van der Waals surface area contributed by atoms with Gasteiger partial charge in [0.25, 0.3) is 0 Å². The molecule has 0 aliphatic heterocycles. The molecule has 0 aliphatic carbocycles. The minimum atomic E-state index is -5.60. The van der Waals surface area contributed by atoms with Crippen molar-refractivity contribution in [3.8, 4) is 0 Å². The van der Waals surface area contributed by atoms with E-state index in [1.165, 1.54) is 6.20 Å². The third kappa shape index (κ3) is 2.98. The zero-order valence-electron chi connectivity index (χ0n) is 12.6. The van der Waals surface area contributed by atoms with E-state index in [0.29, 0.717) is 10.9 Å². The summed E-state index contributed by atoms with van der Waals surface area (Å²) in [5, 5.41) is 4.14. The molecule has 0 fully saturated rings. The largest absolute Gasteiger partial charge is 0.422 e. The lowest BCUT2D eigenvalue weighted by molar-refractivity contribution is -0.143. The van der Waals surface area contributed by atoms with Gasteiger partial charge in [0.2, 0.25) is 0 Å². The van der Waals surface area contributed by atoms with Crippen LogP contribution in [0.5, 0.6) is 0 Å². The normalized spacial score (nSPS) is 12.3. The smallest absolute Gasteiger partial charge is 0.361 e. The van der Waals surface area contributed by atoms with Crippen LogP contribution in [0.3, 0.4) is 0 Å². The summed E-state index contributed by atoms with van der Waals surface area (Å²) in [4.78, 5) is 2.89. The Balaban J connectivity index is 1.96. The number of hydrazone groups is 1. The maximum absolute atomic E-state index is 13.7. The zero-order chi connectivity index (χ0) is 19.1. The second kappa shape index (κ2) is 6.36. The highest BCUT2D eigenvalue weighted by molar-refractivity contribution is 5.99. The number of hydrogen-bond donors (Lipinski definition) is 2. The molecule has 3 aromatic rings. The molecule has 3 nitrogen and oxygen atoms in total. The Bertz CT molecular complexity index is 976. The van der Waals surface area contributed by atoms with E-state index in [-0.39, 0.29) is 0 Å². The molecule has 1 heterocycles. The summed E-state index contributed by atoms with van der Waals surface area (Å²) in [6.45, 7) is 0. The van der Waals surface area contributed by atoms with Crippen LogP contribution in [0.15, 0.2) is 35.6 Å². The molecule has 1 aromatic heterocycles. The Kier molecular flexibility index (Phi) is 4.34. The number of alkyl halides is 3. The highest BCUT2D eigenvalue weighted by Crippen LogP contribution is 2.38. The minimum Gasteiger partial charge on any atom is -0.361 e. The van der Waals surface area contributed by atoms with Gasteiger partial charge >= 0.3 is 6.18 Å². The molecule has 3 rings (SSSR count). The first-order valence-corrected chi connectivity index (χ1v) is 7.00. The maximum Gasteiger partial charge on any atom is 0.422 e. The van der Waals surface area contributed by atoms with Crippen LogP contribution < -0.4 is 5.43 Å². The van der Waals surface area contributed by atoms with E-state index < -0.39 is 40.7 Å². The van der Waals surface area contributed by atoms with E-state index in [0.717, 1.165) is 11.7 Å². The minimum absolute atomic E-state index is 0.474. The lowest BCUT2D eigenvalue weighted by atomic mass is 10.1. The molecule has 0 amide bonds. The molecule has 0 unspecified atom stereocenters. The molecular formula is C16H8F7N3. The monoisotopic (exact) mass is 375 g/mol. The highest BCUT2D eigenvalue weighted by Gasteiger charge is 2.42. The van der Waals surface area contributed by atoms with Crippen LogP contribution in [-0.2, 0) is 6.18 Å². The van der Waals surface area contributed by atoms with Gasteiger partial charge in [-0.1, -0.05) is 18.2 Å². The Morgan fingerprint density at radius 1 is 0.923 bits per heavy atom. The molecule has 0 saturated heterocycles. The number of nitrogens with zero attached hydrogens (tertiary/aromatic N) is 1. The molecular weight excluding hydrogens is 367 g/mol. The van der Waals surface area contributed by atoms with Crippen LogP contribution in [0.2, 0.25) is 0 Å². The summed E-state index contributed by atoms with van der Waals surface area (Å²) in [6.07, 6.45) is -3.00. The summed E-state index contributed by atoms with van der Waals surface area (Å²) in [5.41, 5.74) is -1.20. The van der Waals surface area contributed by atoms with E-state index in [9.17, 15) is 30.7 Å². The van der Waals surface area contributed by atoms with Crippen molar-refractivity contribution in [2.24, 2.45) is 5.10 Å². The predicted octanol–water partition coefficient (Wildman–Crippen LogP) is 5.19. The summed E-state index contributed by atoms with van der Waals surface area (Å²) in [7, 11) is 0. The van der Waals surface area contributed by atoms with Gasteiger partial charge in [0.05, 0.1) is 6.21 Å². The Morgan fingerprint density at radius 2 is 1.54 bits per heavy atom. The molecule has 2 N–H and O–H groups in total. The number of hydrogen-bond acceptors (Lipinski definition) is 2. The summed E-state index contributed by atoms with van der Waals surface area (Å²) >= 11 is 0. The number of anilines is 1. The fraction of sp³-hybridized carbons (Fsp3) is 0.0625. The first-order valence-electron chi connectivity index (χ1n) is 7.00. The topological polar surface area (TPSA) is 40.2 Å². The third-order valence-electron chi connectivity index (χ3n) is 3.55. The number of para-hydroxylation sites is 1. The van der Waals surface area contributed by atoms with Gasteiger partial charge in [-0.15, -0.1) is 0 Å². The van der Waals surface area contributed by atoms with Gasteiger partial charge < -0.3 is 4.98 Å². The van der Waals surface area contributed by atoms with Crippen LogP contribution in [0.4, 0.5) is 36.4 Å². The maximum atomic E-state index is 13.7. The number of H-pyrrole nitrogens is 1. The fourth-order valence-electron chi connectivity index (χ4n) is 2.35. The van der Waals surface area contributed by atoms with Crippen LogP contribution in [-0.4, -0.2) is 11.2 Å². The SMILES string of the molecule is Fc1c(F)c(C(F)(F)F)c(F)c(F)c1NN=Cc1c[nH]c2ccccc12. The van der Waals surface area contributed by atoms with Crippen LogP contribution in [0.25, 0.3) is 10.9 Å². The first-order chi connectivity index (χ1) is 12.2. The summed E-state index contributed by atoms with van der Waals surface area (Å²) in [5.74, 6) is -9.57. The second-order valence-electron chi connectivity index (χ2n) is 5.16. The van der Waals surface area contributed by atoms with Crippen molar-refractivity contribution < 1.29 is 30.7 Å². The molecule has 0 bridgehead atoms. The van der Waals surface area contributed by atoms with Gasteiger partial charge in [-0.2, -0.15) is 18.3 Å². The number of halogens is 7. The van der Waals surface area contributed by atoms with E-state index in [2.05, 4.69) is 10.1 Å². The molecule has 26 heavy (non-hydrogen) atoms. The number of fused-ring (bicyclic) bond motifs is 1. The number of aromatic nitrogens is 1. The van der Waals surface area contributed by atoms with E-state index in [1.54, 1.807) is 29.7 Å². The molecule has 0 radical (unpaired) electrons. The Hall–Kier alpha value is -3.04. The second-order valence-corrected chi connectivity index (χ2v) is 5.16. The van der Waals surface area contributed by atoms with Crippen LogP contribution in [0, 0.1) is 23.3 Å². The third-order valence-corrected chi connectivity index (χ3v) is 3.55. The number of nitrogens with one attached hydrogen (secondary N) is 2. The standard InChI is InChI=1S/C16H8F7N3/c17-11-10(16(21,22)23)12(18)14(20)15(13(11)19)26-25-6-7-5-24-9-4-2-1-3-8(7)9/h1-6,24,26H. The molecule has 2 aromatic carbocycles. The quantitative estimate of drug-likeness (QED) is 0.281. The molecule has 0 saturated carbocycles. The van der Waals surface area contributed by atoms with Crippen LogP contribution in [0.1, 0.15) is 11.1 Å². The van der Waals surface area contributed by atoms with Gasteiger partial charge in [0.15, 0.2) is 23.3 Å². The number of rotatable bonds is 3. The van der Waals surface area contributed by atoms with Gasteiger partial charge in [-0.05, 0) is 6.07 Å². The van der Waals surface area contributed by atoms with Crippen molar-refractivity contribution >= 4 is 22.8 Å². The van der Waals surface area contributed by atoms with Gasteiger partial charge in [0, 0.05) is 22.7 Å². The summed E-state index contributed by atoms with van der Waals surface area (Å²) in [6, 6.07) is 6.95. The van der Waals surface area contributed by atoms with Gasteiger partial charge in [-0.25, -0.2) is 17.6 Å². The first kappa shape index (κ1) is 17.8. The Morgan fingerprint density at radius 3 is 2.15 bits per heavy atom. The fourth-order valence-corrected chi connectivity index (χ4v) is 2.35. The Labute approximate surface area is 141 Å². The molecule has 0 spiro atoms. The van der Waals surface area contributed by atoms with Crippen LogP contribution >= 0.6 is 0 Å². The van der Waals surface area contributed by atoms with Crippen molar-refractivity contribution in [2.75, 3.05) is 5.43 Å². The van der Waals surface area contributed by atoms with Gasteiger partial charge in [-0.3, -0.25) is 5.43 Å². The van der Waals surface area contributed by atoms with Gasteiger partial charge in [0.1, 0.15) is 11.3 Å². The van der Waals surface area contributed by atoms with E-state index in [4.69, 9.17) is 0 Å². The average Bonchev–Trinajstić information content (AvgIpc) is 2.98. The van der Waals surface area contributed by atoms with Crippen molar-refractivity contribution in [2.45, 2.75) is 6.18 Å². The van der Waals surface area contributed by atoms with Crippen molar-refractivity contribution in [3.63, 3.8) is 0 Å².